The Morgan fingerprint density at radius 2 is 1.67 bits per heavy atom. The molecule has 0 aromatic heterocycles. The monoisotopic (exact) mass is 280 g/mol. The third-order valence-corrected chi connectivity index (χ3v) is 3.14. The van der Waals surface area contributed by atoms with Crippen LogP contribution in [0.25, 0.3) is 0 Å². The maximum Gasteiger partial charge on any atom is 0.416 e. The molecule has 1 rings (SSSR count). The van der Waals surface area contributed by atoms with Crippen molar-refractivity contribution < 1.29 is 21.6 Å². The molecule has 4 nitrogen and oxygen atoms in total. The van der Waals surface area contributed by atoms with E-state index in [1.807, 2.05) is 0 Å². The molecule has 1 aromatic rings. The summed E-state index contributed by atoms with van der Waals surface area (Å²) in [6, 6.07) is 3.17. The van der Waals surface area contributed by atoms with E-state index in [9.17, 15) is 21.6 Å². The summed E-state index contributed by atoms with van der Waals surface area (Å²) in [6.07, 6.45) is -3.43. The molecule has 0 heterocycles. The minimum atomic E-state index is -4.49. The molecular formula is C10H11F3N2O2S. The topological polar surface area (TPSA) is 49.7 Å². The van der Waals surface area contributed by atoms with Gasteiger partial charge in [-0.2, -0.15) is 21.6 Å². The van der Waals surface area contributed by atoms with Gasteiger partial charge in [0.25, 0.3) is 10.0 Å². The van der Waals surface area contributed by atoms with Gasteiger partial charge in [0, 0.05) is 14.1 Å². The summed E-state index contributed by atoms with van der Waals surface area (Å²) >= 11 is 0. The van der Waals surface area contributed by atoms with E-state index < -0.39 is 21.8 Å². The number of hydrogen-bond donors (Lipinski definition) is 0. The average molecular weight is 280 g/mol. The second-order valence-electron chi connectivity index (χ2n) is 3.68. The number of benzene rings is 1. The molecule has 0 unspecified atom stereocenters. The molecule has 0 saturated carbocycles. The molecule has 0 amide bonds. The van der Waals surface area contributed by atoms with Crippen molar-refractivity contribution in [3.8, 4) is 0 Å². The van der Waals surface area contributed by atoms with E-state index >= 15 is 0 Å². The molecule has 0 N–H and O–H groups in total. The zero-order valence-corrected chi connectivity index (χ0v) is 10.5. The zero-order chi connectivity index (χ0) is 14.0. The fourth-order valence-electron chi connectivity index (χ4n) is 1.03. The van der Waals surface area contributed by atoms with E-state index in [2.05, 4.69) is 4.40 Å². The van der Waals surface area contributed by atoms with Crippen LogP contribution in [0.5, 0.6) is 0 Å². The lowest BCUT2D eigenvalue weighted by atomic mass is 10.2. The largest absolute Gasteiger partial charge is 0.416 e. The van der Waals surface area contributed by atoms with E-state index in [1.165, 1.54) is 4.90 Å². The molecule has 18 heavy (non-hydrogen) atoms. The Morgan fingerprint density at radius 3 is 2.06 bits per heavy atom. The molecule has 0 radical (unpaired) electrons. The number of sulfonamides is 1. The second kappa shape index (κ2) is 4.97. The first-order chi connectivity index (χ1) is 8.13. The lowest BCUT2D eigenvalue weighted by Crippen LogP contribution is -2.10. The van der Waals surface area contributed by atoms with Crippen LogP contribution in [0, 0.1) is 0 Å². The Morgan fingerprint density at radius 1 is 1.17 bits per heavy atom. The second-order valence-corrected chi connectivity index (χ2v) is 5.31. The molecule has 8 heteroatoms. The molecule has 0 aliphatic heterocycles. The van der Waals surface area contributed by atoms with Gasteiger partial charge in [-0.15, -0.1) is 4.40 Å². The Labute approximate surface area is 103 Å². The quantitative estimate of drug-likeness (QED) is 0.628. The summed E-state index contributed by atoms with van der Waals surface area (Å²) in [5.41, 5.74) is -0.905. The number of rotatable bonds is 3. The van der Waals surface area contributed by atoms with Gasteiger partial charge in [-0.1, -0.05) is 0 Å². The van der Waals surface area contributed by atoms with Crippen LogP contribution in [0.3, 0.4) is 0 Å². The highest BCUT2D eigenvalue weighted by Gasteiger charge is 2.30. The van der Waals surface area contributed by atoms with Crippen LogP contribution in [0.4, 0.5) is 13.2 Å². The predicted octanol–water partition coefficient (Wildman–Crippen LogP) is 1.98. The Balaban J connectivity index is 3.06. The Kier molecular flexibility index (Phi) is 4.00. The van der Waals surface area contributed by atoms with Gasteiger partial charge < -0.3 is 4.90 Å². The van der Waals surface area contributed by atoms with Gasteiger partial charge >= 0.3 is 6.18 Å². The molecule has 1 aromatic carbocycles. The van der Waals surface area contributed by atoms with E-state index in [-0.39, 0.29) is 4.90 Å². The third-order valence-electron chi connectivity index (χ3n) is 1.90. The lowest BCUT2D eigenvalue weighted by molar-refractivity contribution is -0.137. The summed E-state index contributed by atoms with van der Waals surface area (Å²) in [5.74, 6) is 0. The predicted molar refractivity (Wildman–Crippen MR) is 60.8 cm³/mol. The van der Waals surface area contributed by atoms with E-state index in [1.54, 1.807) is 14.1 Å². The summed E-state index contributed by atoms with van der Waals surface area (Å²) in [6.45, 7) is 0. The molecule has 100 valence electrons. The maximum absolute atomic E-state index is 12.3. The fraction of sp³-hybridized carbons (Fsp3) is 0.300. The van der Waals surface area contributed by atoms with Gasteiger partial charge in [0.05, 0.1) is 10.5 Å². The minimum Gasteiger partial charge on any atom is -0.368 e. The number of alkyl halides is 3. The van der Waals surface area contributed by atoms with Crippen LogP contribution in [0.15, 0.2) is 33.6 Å². The van der Waals surface area contributed by atoms with Crippen molar-refractivity contribution in [2.75, 3.05) is 14.1 Å². The third kappa shape index (κ3) is 3.73. The lowest BCUT2D eigenvalue weighted by Gasteiger charge is -2.07. The smallest absolute Gasteiger partial charge is 0.368 e. The van der Waals surface area contributed by atoms with E-state index in [4.69, 9.17) is 0 Å². The van der Waals surface area contributed by atoms with Crippen molar-refractivity contribution in [1.82, 2.24) is 4.90 Å². The summed E-state index contributed by atoms with van der Waals surface area (Å²) in [7, 11) is -0.807. The Hall–Kier alpha value is -1.57. The van der Waals surface area contributed by atoms with Gasteiger partial charge in [0.1, 0.15) is 6.34 Å². The van der Waals surface area contributed by atoms with Crippen LogP contribution >= 0.6 is 0 Å². The highest BCUT2D eigenvalue weighted by Crippen LogP contribution is 2.29. The van der Waals surface area contributed by atoms with Gasteiger partial charge in [-0.05, 0) is 24.3 Å². The van der Waals surface area contributed by atoms with E-state index in [0.717, 1.165) is 18.5 Å². The van der Waals surface area contributed by atoms with Crippen molar-refractivity contribution >= 4 is 16.4 Å². The van der Waals surface area contributed by atoms with Crippen LogP contribution in [-0.2, 0) is 16.2 Å². The molecule has 0 fully saturated rings. The summed E-state index contributed by atoms with van der Waals surface area (Å²) in [4.78, 5) is 1.12. The van der Waals surface area contributed by atoms with Gasteiger partial charge in [-0.3, -0.25) is 0 Å². The molecule has 0 aliphatic rings. The number of nitrogens with zero attached hydrogens (tertiary/aromatic N) is 2. The van der Waals surface area contributed by atoms with Crippen LogP contribution in [0.2, 0.25) is 0 Å². The highest BCUT2D eigenvalue weighted by molar-refractivity contribution is 7.90. The molecule has 0 bridgehead atoms. The standard InChI is InChI=1S/C10H11F3N2O2S/c1-15(2)7-14-18(16,17)9-5-3-8(4-6-9)10(11,12)13/h3-7H,1-2H3. The minimum absolute atomic E-state index is 0.284. The summed E-state index contributed by atoms with van der Waals surface area (Å²) < 4.78 is 63.3. The van der Waals surface area contributed by atoms with Crippen molar-refractivity contribution in [3.05, 3.63) is 29.8 Å². The molecule has 0 saturated heterocycles. The van der Waals surface area contributed by atoms with Gasteiger partial charge in [0.15, 0.2) is 0 Å². The molecule has 0 aliphatic carbocycles. The zero-order valence-electron chi connectivity index (χ0n) is 9.64. The normalized spacial score (nSPS) is 12.9. The van der Waals surface area contributed by atoms with Crippen molar-refractivity contribution in [3.63, 3.8) is 0 Å². The van der Waals surface area contributed by atoms with Gasteiger partial charge in [-0.25, -0.2) is 0 Å². The van der Waals surface area contributed by atoms with Crippen molar-refractivity contribution in [1.29, 1.82) is 0 Å². The van der Waals surface area contributed by atoms with Crippen LogP contribution in [0.1, 0.15) is 5.56 Å². The Bertz CT molecular complexity index is 533. The summed E-state index contributed by atoms with van der Waals surface area (Å²) in [5, 5.41) is 0. The molecule has 0 atom stereocenters. The molecular weight excluding hydrogens is 269 g/mol. The molecule has 0 spiro atoms. The van der Waals surface area contributed by atoms with Gasteiger partial charge in [0.2, 0.25) is 0 Å². The number of halogens is 3. The first-order valence-corrected chi connectivity index (χ1v) is 6.21. The average Bonchev–Trinajstić information content (AvgIpc) is 2.26. The fourth-order valence-corrected chi connectivity index (χ4v) is 1.95. The SMILES string of the molecule is CN(C)C=NS(=O)(=O)c1ccc(C(F)(F)F)cc1. The maximum atomic E-state index is 12.3. The van der Waals surface area contributed by atoms with E-state index in [0.29, 0.717) is 12.1 Å². The van der Waals surface area contributed by atoms with Crippen molar-refractivity contribution in [2.45, 2.75) is 11.1 Å². The first kappa shape index (κ1) is 14.5. The highest BCUT2D eigenvalue weighted by atomic mass is 32.2. The number of hydrogen-bond acceptors (Lipinski definition) is 2. The van der Waals surface area contributed by atoms with Crippen LogP contribution in [-0.4, -0.2) is 33.8 Å². The van der Waals surface area contributed by atoms with Crippen LogP contribution < -0.4 is 0 Å². The first-order valence-electron chi connectivity index (χ1n) is 4.77. The van der Waals surface area contributed by atoms with Crippen molar-refractivity contribution in [2.24, 2.45) is 4.40 Å².